The number of benzene rings is 3. The molecule has 0 fully saturated rings. The highest BCUT2D eigenvalue weighted by Gasteiger charge is 2.13. The zero-order valence-corrected chi connectivity index (χ0v) is 17.0. The fraction of sp³-hybridized carbons (Fsp3) is 0.0870. The van der Waals surface area contributed by atoms with E-state index >= 15 is 0 Å². The summed E-state index contributed by atoms with van der Waals surface area (Å²) < 4.78 is 36.4. The summed E-state index contributed by atoms with van der Waals surface area (Å²) in [5.41, 5.74) is 3.73. The Kier molecular flexibility index (Phi) is 7.47. The molecule has 164 valence electrons. The van der Waals surface area contributed by atoms with Gasteiger partial charge in [0.05, 0.1) is 25.4 Å². The maximum atomic E-state index is 13.0. The van der Waals surface area contributed by atoms with Crippen molar-refractivity contribution in [1.82, 2.24) is 5.43 Å². The van der Waals surface area contributed by atoms with Gasteiger partial charge in [0.25, 0.3) is 5.91 Å². The molecule has 32 heavy (non-hydrogen) atoms. The van der Waals surface area contributed by atoms with Crippen LogP contribution >= 0.6 is 0 Å². The molecule has 7 nitrogen and oxygen atoms in total. The van der Waals surface area contributed by atoms with Crippen LogP contribution in [0.5, 0.6) is 11.5 Å². The molecule has 0 saturated carbocycles. The summed E-state index contributed by atoms with van der Waals surface area (Å²) >= 11 is 0. The van der Waals surface area contributed by atoms with E-state index in [1.165, 1.54) is 55.8 Å². The highest BCUT2D eigenvalue weighted by molar-refractivity contribution is 5.91. The minimum Gasteiger partial charge on any atom is -0.493 e. The van der Waals surface area contributed by atoms with E-state index in [1.54, 1.807) is 12.1 Å². The second-order valence-corrected chi connectivity index (χ2v) is 6.46. The molecule has 3 rings (SSSR count). The van der Waals surface area contributed by atoms with Gasteiger partial charge in [-0.25, -0.2) is 19.0 Å². The van der Waals surface area contributed by atoms with Gasteiger partial charge in [0.1, 0.15) is 11.6 Å². The number of nitrogens with one attached hydrogen (secondary N) is 2. The second kappa shape index (κ2) is 10.7. The van der Waals surface area contributed by atoms with Crippen molar-refractivity contribution < 1.29 is 27.8 Å². The molecule has 1 amide bonds. The third kappa shape index (κ3) is 6.36. The number of halogens is 2. The van der Waals surface area contributed by atoms with Gasteiger partial charge in [0.15, 0.2) is 11.5 Å². The Balaban J connectivity index is 1.55. The quantitative estimate of drug-likeness (QED) is 0.242. The summed E-state index contributed by atoms with van der Waals surface area (Å²) in [5.74, 6) is -1.44. The molecule has 0 aliphatic heterocycles. The largest absolute Gasteiger partial charge is 0.493 e. The molecule has 3 aromatic carbocycles. The number of hydrazone groups is 1. The number of carbonyl (C=O) groups is 2. The number of methoxy groups -OCH3 is 1. The predicted octanol–water partition coefficient (Wildman–Crippen LogP) is 3.75. The number of esters is 1. The molecule has 0 radical (unpaired) electrons. The molecule has 0 atom stereocenters. The molecular formula is C23H19F2N3O4. The Morgan fingerprint density at radius 3 is 2.25 bits per heavy atom. The molecule has 0 saturated heterocycles. The van der Waals surface area contributed by atoms with Crippen LogP contribution in [0.2, 0.25) is 0 Å². The number of hydrogen-bond acceptors (Lipinski definition) is 6. The molecule has 0 heterocycles. The summed E-state index contributed by atoms with van der Waals surface area (Å²) in [6.45, 7) is -0.0510. The van der Waals surface area contributed by atoms with Crippen LogP contribution in [0.1, 0.15) is 15.9 Å². The normalized spacial score (nSPS) is 10.6. The van der Waals surface area contributed by atoms with Crippen molar-refractivity contribution in [2.45, 2.75) is 0 Å². The number of carbonyl (C=O) groups excluding carboxylic acids is 2. The smallest absolute Gasteiger partial charge is 0.343 e. The lowest BCUT2D eigenvalue weighted by atomic mass is 10.2. The summed E-state index contributed by atoms with van der Waals surface area (Å²) in [4.78, 5) is 24.1. The van der Waals surface area contributed by atoms with Crippen molar-refractivity contribution in [2.24, 2.45) is 5.10 Å². The molecule has 0 spiro atoms. The van der Waals surface area contributed by atoms with Gasteiger partial charge in [0.2, 0.25) is 0 Å². The van der Waals surface area contributed by atoms with E-state index < -0.39 is 17.7 Å². The molecule has 0 bridgehead atoms. The predicted molar refractivity (Wildman–Crippen MR) is 115 cm³/mol. The first-order valence-electron chi connectivity index (χ1n) is 9.42. The molecule has 3 aromatic rings. The van der Waals surface area contributed by atoms with Crippen LogP contribution in [0.3, 0.4) is 0 Å². The molecule has 2 N–H and O–H groups in total. The number of hydrogen-bond donors (Lipinski definition) is 2. The van der Waals surface area contributed by atoms with Crippen LogP contribution in [0.15, 0.2) is 71.8 Å². The Morgan fingerprint density at radius 1 is 0.938 bits per heavy atom. The Hall–Kier alpha value is -4.27. The fourth-order valence-electron chi connectivity index (χ4n) is 2.56. The molecule has 0 unspecified atom stereocenters. The third-order valence-corrected chi connectivity index (χ3v) is 4.17. The van der Waals surface area contributed by atoms with Crippen molar-refractivity contribution in [3.63, 3.8) is 0 Å². The van der Waals surface area contributed by atoms with Gasteiger partial charge in [-0.3, -0.25) is 4.79 Å². The minimum atomic E-state index is -0.661. The summed E-state index contributed by atoms with van der Waals surface area (Å²) in [6.07, 6.45) is 1.39. The highest BCUT2D eigenvalue weighted by Crippen LogP contribution is 2.28. The van der Waals surface area contributed by atoms with Crippen molar-refractivity contribution in [3.05, 3.63) is 89.5 Å². The van der Waals surface area contributed by atoms with E-state index in [9.17, 15) is 18.4 Å². The van der Waals surface area contributed by atoms with E-state index in [0.717, 1.165) is 12.1 Å². The monoisotopic (exact) mass is 439 g/mol. The molecule has 0 aliphatic rings. The molecule has 9 heteroatoms. The Bertz CT molecular complexity index is 1120. The zero-order chi connectivity index (χ0) is 22.9. The van der Waals surface area contributed by atoms with E-state index in [-0.39, 0.29) is 29.4 Å². The lowest BCUT2D eigenvalue weighted by Crippen LogP contribution is -2.25. The maximum absolute atomic E-state index is 13.0. The van der Waals surface area contributed by atoms with Crippen molar-refractivity contribution in [2.75, 3.05) is 19.0 Å². The Morgan fingerprint density at radius 2 is 1.59 bits per heavy atom. The van der Waals surface area contributed by atoms with Crippen LogP contribution in [0, 0.1) is 11.6 Å². The highest BCUT2D eigenvalue weighted by atomic mass is 19.1. The number of rotatable bonds is 8. The SMILES string of the molecule is COc1cc(/C=N/NC(=O)CNc2ccc(F)cc2)ccc1OC(=O)c1ccc(F)cc1. The summed E-state index contributed by atoms with van der Waals surface area (Å²) in [5, 5.41) is 6.71. The number of amides is 1. The second-order valence-electron chi connectivity index (χ2n) is 6.46. The van der Waals surface area contributed by atoms with Crippen LogP contribution in [0.4, 0.5) is 14.5 Å². The first-order valence-corrected chi connectivity index (χ1v) is 9.42. The Labute approximate surface area is 182 Å². The van der Waals surface area contributed by atoms with E-state index in [2.05, 4.69) is 15.8 Å². The van der Waals surface area contributed by atoms with Crippen LogP contribution in [-0.4, -0.2) is 31.7 Å². The summed E-state index contributed by atoms with van der Waals surface area (Å²) in [7, 11) is 1.41. The van der Waals surface area contributed by atoms with Gasteiger partial charge in [-0.05, 0) is 72.3 Å². The fourth-order valence-corrected chi connectivity index (χ4v) is 2.56. The van der Waals surface area contributed by atoms with Crippen LogP contribution < -0.4 is 20.2 Å². The van der Waals surface area contributed by atoms with E-state index in [1.807, 2.05) is 0 Å². The van der Waals surface area contributed by atoms with Crippen LogP contribution in [-0.2, 0) is 4.79 Å². The summed E-state index contributed by atoms with van der Waals surface area (Å²) in [6, 6.07) is 15.3. The zero-order valence-electron chi connectivity index (χ0n) is 17.0. The number of nitrogens with zero attached hydrogens (tertiary/aromatic N) is 1. The number of anilines is 1. The van der Waals surface area contributed by atoms with Gasteiger partial charge >= 0.3 is 5.97 Å². The topological polar surface area (TPSA) is 89.0 Å². The average molecular weight is 439 g/mol. The minimum absolute atomic E-state index is 0.0510. The van der Waals surface area contributed by atoms with Gasteiger partial charge in [0, 0.05) is 5.69 Å². The van der Waals surface area contributed by atoms with E-state index in [4.69, 9.17) is 9.47 Å². The van der Waals surface area contributed by atoms with Gasteiger partial charge in [-0.1, -0.05) is 0 Å². The van der Waals surface area contributed by atoms with Gasteiger partial charge in [-0.15, -0.1) is 0 Å². The lowest BCUT2D eigenvalue weighted by molar-refractivity contribution is -0.119. The van der Waals surface area contributed by atoms with E-state index in [0.29, 0.717) is 11.3 Å². The maximum Gasteiger partial charge on any atom is 0.343 e. The van der Waals surface area contributed by atoms with Crippen molar-refractivity contribution in [3.8, 4) is 11.5 Å². The van der Waals surface area contributed by atoms with Crippen molar-refractivity contribution >= 4 is 23.8 Å². The molecule has 0 aromatic heterocycles. The molecule has 0 aliphatic carbocycles. The van der Waals surface area contributed by atoms with Crippen molar-refractivity contribution in [1.29, 1.82) is 0 Å². The first kappa shape index (κ1) is 22.4. The first-order chi connectivity index (χ1) is 15.4. The van der Waals surface area contributed by atoms with Gasteiger partial charge in [-0.2, -0.15) is 5.10 Å². The number of ether oxygens (including phenoxy) is 2. The van der Waals surface area contributed by atoms with Gasteiger partial charge < -0.3 is 14.8 Å². The lowest BCUT2D eigenvalue weighted by Gasteiger charge is -2.10. The standard InChI is InChI=1S/C23H19F2N3O4/c1-31-21-12-15(2-11-20(21)32-23(30)16-3-5-17(24)6-4-16)13-27-28-22(29)14-26-19-9-7-18(25)8-10-19/h2-13,26H,14H2,1H3,(H,28,29)/b27-13+. The third-order valence-electron chi connectivity index (χ3n) is 4.17. The average Bonchev–Trinajstić information content (AvgIpc) is 2.80. The molecular weight excluding hydrogens is 420 g/mol. The van der Waals surface area contributed by atoms with Crippen LogP contribution in [0.25, 0.3) is 0 Å².